The van der Waals surface area contributed by atoms with E-state index in [9.17, 15) is 4.79 Å². The van der Waals surface area contributed by atoms with Gasteiger partial charge in [-0.05, 0) is 31.5 Å². The number of hydrogen-bond donors (Lipinski definition) is 0. The van der Waals surface area contributed by atoms with Gasteiger partial charge in [-0.1, -0.05) is 6.07 Å². The zero-order valence-electron chi connectivity index (χ0n) is 14.1. The van der Waals surface area contributed by atoms with Crippen LogP contribution in [0.25, 0.3) is 0 Å². The minimum atomic E-state index is -0.388. The van der Waals surface area contributed by atoms with Crippen molar-refractivity contribution >= 4 is 5.91 Å². The van der Waals surface area contributed by atoms with Gasteiger partial charge in [-0.3, -0.25) is 4.79 Å². The van der Waals surface area contributed by atoms with E-state index in [2.05, 4.69) is 10.2 Å². The van der Waals surface area contributed by atoms with Crippen LogP contribution in [0, 0.1) is 13.8 Å². The molecule has 1 unspecified atom stereocenters. The van der Waals surface area contributed by atoms with Crippen LogP contribution in [0.1, 0.15) is 40.7 Å². The topological polar surface area (TPSA) is 77.7 Å². The Morgan fingerprint density at radius 2 is 2.21 bits per heavy atom. The summed E-state index contributed by atoms with van der Waals surface area (Å²) < 4.78 is 16.7. The van der Waals surface area contributed by atoms with E-state index < -0.39 is 0 Å². The summed E-state index contributed by atoms with van der Waals surface area (Å²) in [6, 6.07) is 5.52. The largest absolute Gasteiger partial charge is 0.494 e. The monoisotopic (exact) mass is 331 g/mol. The van der Waals surface area contributed by atoms with Crippen LogP contribution in [0.15, 0.2) is 22.6 Å². The predicted molar refractivity (Wildman–Crippen MR) is 86.0 cm³/mol. The van der Waals surface area contributed by atoms with E-state index >= 15 is 0 Å². The molecule has 2 aromatic rings. The van der Waals surface area contributed by atoms with E-state index in [1.54, 1.807) is 17.9 Å². The summed E-state index contributed by atoms with van der Waals surface area (Å²) in [4.78, 5) is 14.5. The average molecular weight is 331 g/mol. The molecule has 0 bridgehead atoms. The summed E-state index contributed by atoms with van der Waals surface area (Å²) in [5.74, 6) is 1.57. The molecule has 1 aromatic carbocycles. The molecule has 7 heteroatoms. The number of nitrogens with zero attached hydrogens (tertiary/aromatic N) is 3. The molecule has 24 heavy (non-hydrogen) atoms. The number of rotatable bonds is 4. The Bertz CT molecular complexity index is 728. The molecule has 7 nitrogen and oxygen atoms in total. The minimum Gasteiger partial charge on any atom is -0.494 e. The summed E-state index contributed by atoms with van der Waals surface area (Å²) >= 11 is 0. The van der Waals surface area contributed by atoms with Gasteiger partial charge < -0.3 is 18.8 Å². The number of aryl methyl sites for hydroxylation is 2. The molecule has 1 aliphatic heterocycles. The third-order valence-electron chi connectivity index (χ3n) is 3.91. The van der Waals surface area contributed by atoms with Gasteiger partial charge in [-0.25, -0.2) is 0 Å². The fourth-order valence-corrected chi connectivity index (χ4v) is 2.65. The van der Waals surface area contributed by atoms with Crippen molar-refractivity contribution in [1.29, 1.82) is 0 Å². The van der Waals surface area contributed by atoms with Crippen molar-refractivity contribution in [1.82, 2.24) is 15.1 Å². The molecular formula is C17H21N3O4. The van der Waals surface area contributed by atoms with Crippen LogP contribution in [0.2, 0.25) is 0 Å². The highest BCUT2D eigenvalue weighted by molar-refractivity contribution is 5.94. The molecule has 0 aliphatic carbocycles. The standard InChI is InChI=1S/C17H21N3O4/c1-4-22-14-9-13(6-5-11(14)2)17(21)20-7-8-23-15(10-20)16-19-18-12(3)24-16/h5-6,9,15H,4,7-8,10H2,1-3H3. The maximum absolute atomic E-state index is 12.8. The Balaban J connectivity index is 1.76. The highest BCUT2D eigenvalue weighted by atomic mass is 16.5. The molecule has 1 fully saturated rings. The molecular weight excluding hydrogens is 310 g/mol. The summed E-state index contributed by atoms with van der Waals surface area (Å²) in [5, 5.41) is 7.80. The first kappa shape index (κ1) is 16.4. The van der Waals surface area contributed by atoms with Gasteiger partial charge in [0.1, 0.15) is 5.75 Å². The Labute approximate surface area is 140 Å². The molecule has 128 valence electrons. The van der Waals surface area contributed by atoms with Gasteiger partial charge in [0.15, 0.2) is 6.10 Å². The predicted octanol–water partition coefficient (Wildman–Crippen LogP) is 2.30. The lowest BCUT2D eigenvalue weighted by molar-refractivity contribution is -0.0349. The normalized spacial score (nSPS) is 17.8. The van der Waals surface area contributed by atoms with Gasteiger partial charge in [0.05, 0.1) is 19.8 Å². The highest BCUT2D eigenvalue weighted by Gasteiger charge is 2.29. The molecule has 0 N–H and O–H groups in total. The SMILES string of the molecule is CCOc1cc(C(=O)N2CCOC(c3nnc(C)o3)C2)ccc1C. The minimum absolute atomic E-state index is 0.0551. The van der Waals surface area contributed by atoms with Gasteiger partial charge in [0.25, 0.3) is 5.91 Å². The maximum atomic E-state index is 12.8. The molecule has 1 saturated heterocycles. The van der Waals surface area contributed by atoms with E-state index in [0.717, 1.165) is 11.3 Å². The summed E-state index contributed by atoms with van der Waals surface area (Å²) in [6.45, 7) is 7.52. The number of carbonyl (C=O) groups is 1. The molecule has 0 spiro atoms. The Morgan fingerprint density at radius 3 is 2.92 bits per heavy atom. The van der Waals surface area contributed by atoms with Crippen molar-refractivity contribution in [3.05, 3.63) is 41.1 Å². The van der Waals surface area contributed by atoms with Crippen molar-refractivity contribution < 1.29 is 18.7 Å². The van der Waals surface area contributed by atoms with Crippen LogP contribution >= 0.6 is 0 Å². The number of hydrogen-bond acceptors (Lipinski definition) is 6. The van der Waals surface area contributed by atoms with E-state index in [0.29, 0.717) is 43.6 Å². The third kappa shape index (κ3) is 3.41. The molecule has 1 aliphatic rings. The summed E-state index contributed by atoms with van der Waals surface area (Å²) in [7, 11) is 0. The van der Waals surface area contributed by atoms with Crippen molar-refractivity contribution in [2.24, 2.45) is 0 Å². The molecule has 0 radical (unpaired) electrons. The van der Waals surface area contributed by atoms with Gasteiger partial charge in [-0.15, -0.1) is 10.2 Å². The number of benzene rings is 1. The van der Waals surface area contributed by atoms with Crippen molar-refractivity contribution in [2.75, 3.05) is 26.3 Å². The summed E-state index contributed by atoms with van der Waals surface area (Å²) in [6.07, 6.45) is -0.388. The second kappa shape index (κ2) is 7.00. The van der Waals surface area contributed by atoms with Crippen LogP contribution in [-0.4, -0.2) is 47.3 Å². The first-order chi connectivity index (χ1) is 11.6. The lowest BCUT2D eigenvalue weighted by Gasteiger charge is -2.31. The van der Waals surface area contributed by atoms with Gasteiger partial charge in [-0.2, -0.15) is 0 Å². The van der Waals surface area contributed by atoms with Crippen LogP contribution in [0.3, 0.4) is 0 Å². The smallest absolute Gasteiger partial charge is 0.254 e. The lowest BCUT2D eigenvalue weighted by Crippen LogP contribution is -2.42. The molecule has 0 saturated carbocycles. The Hall–Kier alpha value is -2.41. The van der Waals surface area contributed by atoms with E-state index in [-0.39, 0.29) is 12.0 Å². The van der Waals surface area contributed by atoms with Crippen LogP contribution < -0.4 is 4.74 Å². The van der Waals surface area contributed by atoms with Crippen molar-refractivity contribution in [2.45, 2.75) is 26.9 Å². The number of carbonyl (C=O) groups excluding carboxylic acids is 1. The number of amides is 1. The highest BCUT2D eigenvalue weighted by Crippen LogP contribution is 2.24. The van der Waals surface area contributed by atoms with E-state index in [1.165, 1.54) is 0 Å². The Morgan fingerprint density at radius 1 is 1.38 bits per heavy atom. The molecule has 1 aromatic heterocycles. The first-order valence-electron chi connectivity index (χ1n) is 8.02. The van der Waals surface area contributed by atoms with Crippen LogP contribution in [0.5, 0.6) is 5.75 Å². The van der Waals surface area contributed by atoms with Crippen molar-refractivity contribution in [3.63, 3.8) is 0 Å². The number of ether oxygens (including phenoxy) is 2. The fourth-order valence-electron chi connectivity index (χ4n) is 2.65. The number of aromatic nitrogens is 2. The van der Waals surface area contributed by atoms with Crippen LogP contribution in [0.4, 0.5) is 0 Å². The third-order valence-corrected chi connectivity index (χ3v) is 3.91. The maximum Gasteiger partial charge on any atom is 0.254 e. The first-order valence-corrected chi connectivity index (χ1v) is 8.02. The Kier molecular flexibility index (Phi) is 4.80. The average Bonchev–Trinajstić information content (AvgIpc) is 3.03. The number of morpholine rings is 1. The van der Waals surface area contributed by atoms with E-state index in [4.69, 9.17) is 13.9 Å². The zero-order valence-corrected chi connectivity index (χ0v) is 14.1. The molecule has 1 amide bonds. The quantitative estimate of drug-likeness (QED) is 0.855. The van der Waals surface area contributed by atoms with Gasteiger partial charge in [0, 0.05) is 19.0 Å². The van der Waals surface area contributed by atoms with Gasteiger partial charge >= 0.3 is 0 Å². The molecule has 3 rings (SSSR count). The van der Waals surface area contributed by atoms with Crippen LogP contribution in [-0.2, 0) is 4.74 Å². The second-order valence-corrected chi connectivity index (χ2v) is 5.68. The second-order valence-electron chi connectivity index (χ2n) is 5.68. The summed E-state index contributed by atoms with van der Waals surface area (Å²) in [5.41, 5.74) is 1.61. The molecule has 1 atom stereocenters. The lowest BCUT2D eigenvalue weighted by atomic mass is 10.1. The van der Waals surface area contributed by atoms with Crippen molar-refractivity contribution in [3.8, 4) is 5.75 Å². The fraction of sp³-hybridized carbons (Fsp3) is 0.471. The van der Waals surface area contributed by atoms with Gasteiger partial charge in [0.2, 0.25) is 11.8 Å². The zero-order chi connectivity index (χ0) is 17.1. The van der Waals surface area contributed by atoms with E-state index in [1.807, 2.05) is 26.0 Å². The molecule has 2 heterocycles.